The van der Waals surface area contributed by atoms with E-state index >= 15 is 0 Å². The molecule has 2 aromatic rings. The van der Waals surface area contributed by atoms with Crippen LogP contribution in [0.25, 0.3) is 11.0 Å². The predicted octanol–water partition coefficient (Wildman–Crippen LogP) is 2.86. The second-order valence-electron chi connectivity index (χ2n) is 5.13. The van der Waals surface area contributed by atoms with Gasteiger partial charge in [-0.2, -0.15) is 0 Å². The lowest BCUT2D eigenvalue weighted by atomic mass is 10.3. The second-order valence-corrected chi connectivity index (χ2v) is 5.13. The Labute approximate surface area is 115 Å². The Morgan fingerprint density at radius 2 is 2.05 bits per heavy atom. The summed E-state index contributed by atoms with van der Waals surface area (Å²) in [5.74, 6) is -1.62. The molecule has 0 radical (unpaired) electrons. The van der Waals surface area contributed by atoms with Gasteiger partial charge in [0.05, 0.1) is 18.2 Å². The minimum atomic E-state index is -0.910. The van der Waals surface area contributed by atoms with E-state index in [1.807, 2.05) is 0 Å². The molecule has 1 aromatic heterocycles. The number of ether oxygens (including phenoxy) is 1. The van der Waals surface area contributed by atoms with Crippen LogP contribution in [0, 0.1) is 11.6 Å². The van der Waals surface area contributed by atoms with Crippen molar-refractivity contribution < 1.29 is 13.5 Å². The molecule has 1 aliphatic carbocycles. The van der Waals surface area contributed by atoms with Crippen LogP contribution < -0.4 is 5.73 Å². The Kier molecular flexibility index (Phi) is 3.56. The molecule has 0 unspecified atom stereocenters. The minimum absolute atomic E-state index is 0.109. The van der Waals surface area contributed by atoms with Crippen molar-refractivity contribution in [1.29, 1.82) is 0 Å². The molecule has 0 aliphatic heterocycles. The van der Waals surface area contributed by atoms with Gasteiger partial charge in [-0.3, -0.25) is 0 Å². The SMILES string of the molecule is Nc1nc2ccc(F)c(F)c2n1CCOC1CCCC1. The lowest BCUT2D eigenvalue weighted by molar-refractivity contribution is 0.0536. The predicted molar refractivity (Wildman–Crippen MR) is 72.3 cm³/mol. The number of benzene rings is 1. The zero-order chi connectivity index (χ0) is 14.1. The fourth-order valence-electron chi connectivity index (χ4n) is 2.77. The zero-order valence-corrected chi connectivity index (χ0v) is 11.1. The van der Waals surface area contributed by atoms with Gasteiger partial charge in [-0.15, -0.1) is 0 Å². The monoisotopic (exact) mass is 281 g/mol. The number of anilines is 1. The molecule has 1 heterocycles. The van der Waals surface area contributed by atoms with Crippen molar-refractivity contribution in [3.05, 3.63) is 23.8 Å². The van der Waals surface area contributed by atoms with Crippen LogP contribution in [0.2, 0.25) is 0 Å². The fraction of sp³-hybridized carbons (Fsp3) is 0.500. The van der Waals surface area contributed by atoms with Crippen molar-refractivity contribution in [3.63, 3.8) is 0 Å². The molecule has 0 bridgehead atoms. The van der Waals surface area contributed by atoms with Crippen molar-refractivity contribution in [2.24, 2.45) is 0 Å². The number of halogens is 2. The smallest absolute Gasteiger partial charge is 0.201 e. The summed E-state index contributed by atoms with van der Waals surface area (Å²) in [6.07, 6.45) is 4.82. The number of rotatable bonds is 4. The highest BCUT2D eigenvalue weighted by atomic mass is 19.2. The van der Waals surface area contributed by atoms with E-state index in [9.17, 15) is 8.78 Å². The maximum absolute atomic E-state index is 13.9. The van der Waals surface area contributed by atoms with E-state index in [0.717, 1.165) is 18.9 Å². The molecule has 1 aromatic carbocycles. The molecular weight excluding hydrogens is 264 g/mol. The number of nitrogens with zero attached hydrogens (tertiary/aromatic N) is 2. The van der Waals surface area contributed by atoms with Gasteiger partial charge in [-0.05, 0) is 25.0 Å². The number of nitrogen functional groups attached to an aromatic ring is 1. The van der Waals surface area contributed by atoms with Crippen molar-refractivity contribution in [2.45, 2.75) is 38.3 Å². The number of imidazole rings is 1. The third kappa shape index (κ3) is 2.35. The third-order valence-electron chi connectivity index (χ3n) is 3.80. The van der Waals surface area contributed by atoms with Crippen molar-refractivity contribution >= 4 is 17.0 Å². The van der Waals surface area contributed by atoms with E-state index in [2.05, 4.69) is 4.98 Å². The average Bonchev–Trinajstić information content (AvgIpc) is 3.03. The quantitative estimate of drug-likeness (QED) is 0.937. The van der Waals surface area contributed by atoms with Gasteiger partial charge in [0, 0.05) is 6.54 Å². The Bertz CT molecular complexity index is 620. The van der Waals surface area contributed by atoms with Crippen LogP contribution in [0.15, 0.2) is 12.1 Å². The first-order valence-electron chi connectivity index (χ1n) is 6.88. The van der Waals surface area contributed by atoms with E-state index in [0.29, 0.717) is 18.7 Å². The molecule has 20 heavy (non-hydrogen) atoms. The third-order valence-corrected chi connectivity index (χ3v) is 3.80. The first-order chi connectivity index (χ1) is 9.66. The normalized spacial score (nSPS) is 16.3. The molecule has 2 N–H and O–H groups in total. The summed E-state index contributed by atoms with van der Waals surface area (Å²) in [6, 6.07) is 2.49. The minimum Gasteiger partial charge on any atom is -0.376 e. The van der Waals surface area contributed by atoms with E-state index in [4.69, 9.17) is 10.5 Å². The molecule has 1 saturated carbocycles. The fourth-order valence-corrected chi connectivity index (χ4v) is 2.77. The molecule has 4 nitrogen and oxygen atoms in total. The van der Waals surface area contributed by atoms with Crippen LogP contribution in [0.3, 0.4) is 0 Å². The molecule has 0 saturated heterocycles. The molecule has 108 valence electrons. The second kappa shape index (κ2) is 5.36. The van der Waals surface area contributed by atoms with Crippen molar-refractivity contribution in [3.8, 4) is 0 Å². The van der Waals surface area contributed by atoms with Crippen molar-refractivity contribution in [2.75, 3.05) is 12.3 Å². The largest absolute Gasteiger partial charge is 0.376 e. The number of nitrogens with two attached hydrogens (primary N) is 1. The lowest BCUT2D eigenvalue weighted by Gasteiger charge is -2.12. The molecule has 0 spiro atoms. The Morgan fingerprint density at radius 3 is 2.80 bits per heavy atom. The first kappa shape index (κ1) is 13.3. The van der Waals surface area contributed by atoms with Gasteiger partial charge >= 0.3 is 0 Å². The standard InChI is InChI=1S/C14H17F2N3O/c15-10-5-6-11-13(12(10)16)19(14(17)18-11)7-8-20-9-3-1-2-4-9/h5-6,9H,1-4,7-8H2,(H2,17,18). The highest BCUT2D eigenvalue weighted by Crippen LogP contribution is 2.24. The van der Waals surface area contributed by atoms with Gasteiger partial charge in [0.15, 0.2) is 11.6 Å². The van der Waals surface area contributed by atoms with Crippen LogP contribution in [-0.2, 0) is 11.3 Å². The van der Waals surface area contributed by atoms with Crippen LogP contribution >= 0.6 is 0 Å². The topological polar surface area (TPSA) is 53.1 Å². The van der Waals surface area contributed by atoms with E-state index in [-0.39, 0.29) is 17.6 Å². The Morgan fingerprint density at radius 1 is 1.30 bits per heavy atom. The van der Waals surface area contributed by atoms with Crippen LogP contribution in [0.4, 0.5) is 14.7 Å². The van der Waals surface area contributed by atoms with Crippen LogP contribution in [0.5, 0.6) is 0 Å². The maximum Gasteiger partial charge on any atom is 0.201 e. The van der Waals surface area contributed by atoms with E-state index in [1.54, 1.807) is 0 Å². The highest BCUT2D eigenvalue weighted by Gasteiger charge is 2.18. The summed E-state index contributed by atoms with van der Waals surface area (Å²) < 4.78 is 34.4. The van der Waals surface area contributed by atoms with Gasteiger partial charge in [0.2, 0.25) is 5.95 Å². The Balaban J connectivity index is 1.79. The van der Waals surface area contributed by atoms with Gasteiger partial charge in [-0.1, -0.05) is 12.8 Å². The van der Waals surface area contributed by atoms with Crippen molar-refractivity contribution in [1.82, 2.24) is 9.55 Å². The summed E-state index contributed by atoms with van der Waals surface area (Å²) >= 11 is 0. The molecule has 6 heteroatoms. The zero-order valence-electron chi connectivity index (χ0n) is 11.1. The van der Waals surface area contributed by atoms with Crippen LogP contribution in [-0.4, -0.2) is 22.3 Å². The molecule has 1 aliphatic rings. The average molecular weight is 281 g/mol. The lowest BCUT2D eigenvalue weighted by Crippen LogP contribution is -2.14. The number of hydrogen-bond acceptors (Lipinski definition) is 3. The number of hydrogen-bond donors (Lipinski definition) is 1. The van der Waals surface area contributed by atoms with Gasteiger partial charge in [0.25, 0.3) is 0 Å². The summed E-state index contributed by atoms with van der Waals surface area (Å²) in [5, 5.41) is 0. The Hall–Kier alpha value is -1.69. The summed E-state index contributed by atoms with van der Waals surface area (Å²) in [4.78, 5) is 4.04. The number of fused-ring (bicyclic) bond motifs is 1. The molecule has 0 amide bonds. The molecule has 1 fully saturated rings. The summed E-state index contributed by atoms with van der Waals surface area (Å²) in [5.41, 5.74) is 6.25. The van der Waals surface area contributed by atoms with Gasteiger partial charge in [-0.25, -0.2) is 13.8 Å². The van der Waals surface area contributed by atoms with Gasteiger partial charge < -0.3 is 15.0 Å². The van der Waals surface area contributed by atoms with Crippen LogP contribution in [0.1, 0.15) is 25.7 Å². The summed E-state index contributed by atoms with van der Waals surface area (Å²) in [7, 11) is 0. The highest BCUT2D eigenvalue weighted by molar-refractivity contribution is 5.79. The first-order valence-corrected chi connectivity index (χ1v) is 6.88. The van der Waals surface area contributed by atoms with E-state index in [1.165, 1.54) is 23.5 Å². The molecule has 0 atom stereocenters. The number of aromatic nitrogens is 2. The van der Waals surface area contributed by atoms with Gasteiger partial charge in [0.1, 0.15) is 5.52 Å². The summed E-state index contributed by atoms with van der Waals surface area (Å²) in [6.45, 7) is 0.801. The maximum atomic E-state index is 13.9. The molecular formula is C14H17F2N3O. The van der Waals surface area contributed by atoms with E-state index < -0.39 is 11.6 Å². The molecule has 3 rings (SSSR count).